The quantitative estimate of drug-likeness (QED) is 0.221. The molecule has 9 rings (SSSR count). The minimum Gasteiger partial charge on any atom is -0.493 e. The van der Waals surface area contributed by atoms with Gasteiger partial charge in [0.2, 0.25) is 5.75 Å². The lowest BCUT2D eigenvalue weighted by atomic mass is 9.84. The van der Waals surface area contributed by atoms with Gasteiger partial charge in [0.15, 0.2) is 23.0 Å². The molecule has 5 heterocycles. The number of morpholine rings is 1. The maximum Gasteiger partial charge on any atom is 0.204 e. The Morgan fingerprint density at radius 1 is 0.686 bits per heavy atom. The Balaban J connectivity index is 1.34. The summed E-state index contributed by atoms with van der Waals surface area (Å²) in [6, 6.07) is 21.6. The van der Waals surface area contributed by atoms with E-state index in [-0.39, 0.29) is 12.1 Å². The van der Waals surface area contributed by atoms with Crippen LogP contribution in [0.15, 0.2) is 60.7 Å². The molecule has 9 nitrogen and oxygen atoms in total. The second-order valence-corrected chi connectivity index (χ2v) is 14.2. The molecule has 0 unspecified atom stereocenters. The first kappa shape index (κ1) is 33.8. The molecule has 0 radical (unpaired) electrons. The lowest BCUT2D eigenvalue weighted by Gasteiger charge is -2.39. The summed E-state index contributed by atoms with van der Waals surface area (Å²) in [5, 5.41) is 0. The van der Waals surface area contributed by atoms with E-state index in [9.17, 15) is 0 Å². The smallest absolute Gasteiger partial charge is 0.204 e. The average Bonchev–Trinajstić information content (AvgIpc) is 3.15. The maximum absolute atomic E-state index is 7.14. The van der Waals surface area contributed by atoms with Crippen molar-refractivity contribution >= 4 is 0 Å². The van der Waals surface area contributed by atoms with Crippen LogP contribution >= 0.6 is 0 Å². The topological polar surface area (TPSA) is 65.1 Å². The molecule has 4 aromatic carbocycles. The Labute approximate surface area is 301 Å². The van der Waals surface area contributed by atoms with Crippen molar-refractivity contribution < 1.29 is 28.4 Å². The Morgan fingerprint density at radius 3 is 2.16 bits per heavy atom. The van der Waals surface area contributed by atoms with Crippen molar-refractivity contribution in [1.29, 1.82) is 0 Å². The van der Waals surface area contributed by atoms with Crippen LogP contribution in [0.5, 0.6) is 40.2 Å². The average molecular weight is 692 g/mol. The number of benzene rings is 4. The van der Waals surface area contributed by atoms with Crippen molar-refractivity contribution in [2.45, 2.75) is 44.3 Å². The van der Waals surface area contributed by atoms with Crippen molar-refractivity contribution in [1.82, 2.24) is 14.7 Å². The standard InChI is InChI=1S/C42H49N3O6/c1-43-16-14-29-9-12-31-25-33(29)35(43)22-27-6-10-30(11-7-27)50-38-24-28(8-13-37(38)46-3)23-36-39-32(15-17-44(36)2)34(26-45-18-20-49-21-19-45)40(47-4)42(48-5)41(39)51-31/h6-13,24-25,35-36H,14-23,26H2,1-5H3/t35-,36-/m0/s1. The molecule has 4 aromatic rings. The molecule has 6 bridgehead atoms. The highest BCUT2D eigenvalue weighted by Gasteiger charge is 2.37. The molecule has 0 amide bonds. The summed E-state index contributed by atoms with van der Waals surface area (Å²) in [4.78, 5) is 7.36. The first-order chi connectivity index (χ1) is 24.9. The lowest BCUT2D eigenvalue weighted by Crippen LogP contribution is -2.38. The van der Waals surface area contributed by atoms with Crippen LogP contribution in [0.2, 0.25) is 0 Å². The Bertz CT molecular complexity index is 1890. The van der Waals surface area contributed by atoms with Gasteiger partial charge >= 0.3 is 0 Å². The predicted molar refractivity (Wildman–Crippen MR) is 197 cm³/mol. The highest BCUT2D eigenvalue weighted by atomic mass is 16.5. The van der Waals surface area contributed by atoms with Gasteiger partial charge in [-0.25, -0.2) is 0 Å². The second-order valence-electron chi connectivity index (χ2n) is 14.2. The molecule has 9 heteroatoms. The van der Waals surface area contributed by atoms with E-state index in [4.69, 9.17) is 28.4 Å². The summed E-state index contributed by atoms with van der Waals surface area (Å²) in [5.41, 5.74) is 8.69. The van der Waals surface area contributed by atoms with Gasteiger partial charge in [-0.05, 0) is 104 Å². The minimum atomic E-state index is 0.00270. The lowest BCUT2D eigenvalue weighted by molar-refractivity contribution is 0.0336. The summed E-state index contributed by atoms with van der Waals surface area (Å²) in [7, 11) is 9.60. The molecule has 0 aromatic heterocycles. The van der Waals surface area contributed by atoms with Crippen LogP contribution in [0.25, 0.3) is 0 Å². The highest BCUT2D eigenvalue weighted by molar-refractivity contribution is 5.67. The van der Waals surface area contributed by atoms with Gasteiger partial charge in [0.05, 0.1) is 34.5 Å². The molecule has 5 aliphatic heterocycles. The number of hydrogen-bond donors (Lipinski definition) is 0. The van der Waals surface area contributed by atoms with Crippen molar-refractivity contribution in [3.63, 3.8) is 0 Å². The van der Waals surface area contributed by atoms with E-state index in [1.807, 2.05) is 6.07 Å². The molecule has 51 heavy (non-hydrogen) atoms. The summed E-state index contributed by atoms with van der Waals surface area (Å²) < 4.78 is 37.7. The monoisotopic (exact) mass is 691 g/mol. The van der Waals surface area contributed by atoms with Crippen molar-refractivity contribution in [3.8, 4) is 40.2 Å². The molecule has 268 valence electrons. The van der Waals surface area contributed by atoms with Crippen LogP contribution in [0, 0.1) is 0 Å². The van der Waals surface area contributed by atoms with Gasteiger partial charge in [-0.3, -0.25) is 14.7 Å². The fraction of sp³-hybridized carbons (Fsp3) is 0.429. The van der Waals surface area contributed by atoms with E-state index >= 15 is 0 Å². The number of methoxy groups -OCH3 is 3. The maximum atomic E-state index is 7.14. The zero-order valence-electron chi connectivity index (χ0n) is 30.5. The zero-order valence-corrected chi connectivity index (χ0v) is 30.5. The van der Waals surface area contributed by atoms with E-state index in [0.717, 1.165) is 106 Å². The number of rotatable bonds is 5. The normalized spacial score (nSPS) is 20.7. The molecular weight excluding hydrogens is 642 g/mol. The van der Waals surface area contributed by atoms with Crippen LogP contribution in [0.3, 0.4) is 0 Å². The fourth-order valence-corrected chi connectivity index (χ4v) is 8.46. The van der Waals surface area contributed by atoms with E-state index in [0.29, 0.717) is 17.2 Å². The van der Waals surface area contributed by atoms with Crippen LogP contribution in [0.1, 0.15) is 51.0 Å². The van der Waals surface area contributed by atoms with E-state index < -0.39 is 0 Å². The molecule has 0 aliphatic carbocycles. The van der Waals surface area contributed by atoms with Gasteiger partial charge in [0.1, 0.15) is 11.5 Å². The fourth-order valence-electron chi connectivity index (χ4n) is 8.46. The van der Waals surface area contributed by atoms with Gasteiger partial charge in [-0.1, -0.05) is 24.3 Å². The zero-order chi connectivity index (χ0) is 35.1. The van der Waals surface area contributed by atoms with Gasteiger partial charge < -0.3 is 28.4 Å². The third kappa shape index (κ3) is 6.53. The van der Waals surface area contributed by atoms with Crippen LogP contribution in [0.4, 0.5) is 0 Å². The number of fused-ring (bicyclic) bond motifs is 2. The summed E-state index contributed by atoms with van der Waals surface area (Å²) in [5.74, 6) is 5.12. The number of hydrogen-bond acceptors (Lipinski definition) is 9. The second kappa shape index (κ2) is 14.4. The molecule has 5 aliphatic rings. The van der Waals surface area contributed by atoms with E-state index in [1.165, 1.54) is 27.8 Å². The summed E-state index contributed by atoms with van der Waals surface area (Å²) in [6.45, 7) is 5.89. The first-order valence-corrected chi connectivity index (χ1v) is 18.2. The van der Waals surface area contributed by atoms with Gasteiger partial charge in [-0.15, -0.1) is 0 Å². The Kier molecular flexibility index (Phi) is 9.55. The first-order valence-electron chi connectivity index (χ1n) is 18.2. The largest absolute Gasteiger partial charge is 0.493 e. The third-order valence-corrected chi connectivity index (χ3v) is 11.3. The molecular formula is C42H49N3O6. The van der Waals surface area contributed by atoms with Crippen molar-refractivity contribution in [2.24, 2.45) is 0 Å². The molecule has 0 spiro atoms. The summed E-state index contributed by atoms with van der Waals surface area (Å²) >= 11 is 0. The van der Waals surface area contributed by atoms with Crippen molar-refractivity contribution in [2.75, 3.05) is 74.8 Å². The van der Waals surface area contributed by atoms with E-state index in [1.54, 1.807) is 21.3 Å². The Hall–Kier alpha value is -4.28. The molecule has 0 N–H and O–H groups in total. The van der Waals surface area contributed by atoms with Gasteiger partial charge in [-0.2, -0.15) is 0 Å². The number of ether oxygens (including phenoxy) is 6. The van der Waals surface area contributed by atoms with Gasteiger partial charge in [0.25, 0.3) is 0 Å². The van der Waals surface area contributed by atoms with Crippen LogP contribution in [-0.2, 0) is 37.0 Å². The van der Waals surface area contributed by atoms with Crippen molar-refractivity contribution in [3.05, 3.63) is 99.6 Å². The predicted octanol–water partition coefficient (Wildman–Crippen LogP) is 6.99. The molecule has 0 saturated carbocycles. The van der Waals surface area contributed by atoms with Crippen LogP contribution < -0.4 is 23.7 Å². The Morgan fingerprint density at radius 2 is 1.39 bits per heavy atom. The van der Waals surface area contributed by atoms with Gasteiger partial charge in [0, 0.05) is 55.9 Å². The SMILES string of the molecule is COc1ccc2cc1Oc1ccc(cc1)C[C@H]1c3cc(ccc3CCN1C)Oc1c(OC)c(OC)c(CN3CCOCC3)c3c1[C@H](C2)N(C)CC3. The molecule has 1 fully saturated rings. The summed E-state index contributed by atoms with van der Waals surface area (Å²) in [6.07, 6.45) is 3.50. The molecule has 2 atom stereocenters. The van der Waals surface area contributed by atoms with Crippen LogP contribution in [-0.4, -0.2) is 89.5 Å². The minimum absolute atomic E-state index is 0.00270. The van der Waals surface area contributed by atoms with E-state index in [2.05, 4.69) is 83.4 Å². The third-order valence-electron chi connectivity index (χ3n) is 11.3. The highest BCUT2D eigenvalue weighted by Crippen LogP contribution is 2.53. The number of nitrogens with zero attached hydrogens (tertiary/aromatic N) is 3. The number of likely N-dealkylation sites (N-methyl/N-ethyl adjacent to an activating group) is 2. The molecule has 1 saturated heterocycles.